The zero-order chi connectivity index (χ0) is 16.4. The van der Waals surface area contributed by atoms with E-state index < -0.39 is 0 Å². The van der Waals surface area contributed by atoms with Gasteiger partial charge in [0.2, 0.25) is 5.91 Å². The third-order valence-corrected chi connectivity index (χ3v) is 4.08. The minimum Gasteiger partial charge on any atom is -0.459 e. The van der Waals surface area contributed by atoms with Crippen molar-refractivity contribution in [2.45, 2.75) is 13.3 Å². The lowest BCUT2D eigenvalue weighted by Crippen LogP contribution is -2.51. The number of piperazine rings is 1. The van der Waals surface area contributed by atoms with Crippen LogP contribution < -0.4 is 0 Å². The van der Waals surface area contributed by atoms with Gasteiger partial charge in [0.25, 0.3) is 5.91 Å². The lowest BCUT2D eigenvalue weighted by molar-refractivity contribution is -0.132. The van der Waals surface area contributed by atoms with E-state index in [9.17, 15) is 9.59 Å². The Balaban J connectivity index is 1.55. The van der Waals surface area contributed by atoms with Crippen molar-refractivity contribution in [3.05, 3.63) is 41.6 Å². The number of amides is 2. The van der Waals surface area contributed by atoms with Gasteiger partial charge in [-0.3, -0.25) is 14.3 Å². The SMILES string of the molecule is Cc1cc(CC(=O)N2CCN(C(=O)c3ccco3)CC2)n(C)n1. The molecule has 0 spiro atoms. The Bertz CT molecular complexity index is 697. The lowest BCUT2D eigenvalue weighted by atomic mass is 10.2. The Kier molecular flexibility index (Phi) is 4.18. The monoisotopic (exact) mass is 316 g/mol. The molecule has 23 heavy (non-hydrogen) atoms. The molecule has 7 nitrogen and oxygen atoms in total. The van der Waals surface area contributed by atoms with E-state index in [4.69, 9.17) is 4.42 Å². The first-order chi connectivity index (χ1) is 11.0. The summed E-state index contributed by atoms with van der Waals surface area (Å²) in [6.07, 6.45) is 1.83. The standard InChI is InChI=1S/C16H20N4O3/c1-12-10-13(18(2)17-12)11-15(21)19-5-7-20(8-6-19)16(22)14-4-3-9-23-14/h3-4,9-10H,5-8,11H2,1-2H3. The van der Waals surface area contributed by atoms with Crippen molar-refractivity contribution in [1.29, 1.82) is 0 Å². The minimum atomic E-state index is -0.121. The number of rotatable bonds is 3. The molecule has 0 bridgehead atoms. The molecule has 2 aromatic heterocycles. The van der Waals surface area contributed by atoms with Crippen molar-refractivity contribution in [3.63, 3.8) is 0 Å². The van der Waals surface area contributed by atoms with E-state index in [0.717, 1.165) is 11.4 Å². The average molecular weight is 316 g/mol. The highest BCUT2D eigenvalue weighted by atomic mass is 16.3. The number of hydrogen-bond donors (Lipinski definition) is 0. The zero-order valence-electron chi connectivity index (χ0n) is 13.4. The smallest absolute Gasteiger partial charge is 0.289 e. The topological polar surface area (TPSA) is 71.6 Å². The molecular weight excluding hydrogens is 296 g/mol. The Labute approximate surface area is 134 Å². The first kappa shape index (κ1) is 15.3. The van der Waals surface area contributed by atoms with E-state index in [1.807, 2.05) is 20.0 Å². The van der Waals surface area contributed by atoms with Crippen LogP contribution in [0.1, 0.15) is 21.9 Å². The third kappa shape index (κ3) is 3.28. The maximum Gasteiger partial charge on any atom is 0.289 e. The van der Waals surface area contributed by atoms with Crippen LogP contribution >= 0.6 is 0 Å². The lowest BCUT2D eigenvalue weighted by Gasteiger charge is -2.34. The van der Waals surface area contributed by atoms with Crippen LogP contribution in [0.5, 0.6) is 0 Å². The summed E-state index contributed by atoms with van der Waals surface area (Å²) in [5, 5.41) is 4.26. The van der Waals surface area contributed by atoms with Crippen LogP contribution in [0.4, 0.5) is 0 Å². The van der Waals surface area contributed by atoms with Crippen molar-refractivity contribution in [1.82, 2.24) is 19.6 Å². The van der Waals surface area contributed by atoms with E-state index >= 15 is 0 Å². The van der Waals surface area contributed by atoms with Gasteiger partial charge in [-0.05, 0) is 25.1 Å². The Hall–Kier alpha value is -2.57. The largest absolute Gasteiger partial charge is 0.459 e. The third-order valence-electron chi connectivity index (χ3n) is 4.08. The van der Waals surface area contributed by atoms with Gasteiger partial charge in [-0.15, -0.1) is 0 Å². The van der Waals surface area contributed by atoms with Gasteiger partial charge in [-0.25, -0.2) is 0 Å². The molecule has 0 aliphatic carbocycles. The number of aromatic nitrogens is 2. The molecule has 2 amide bonds. The molecule has 0 atom stereocenters. The normalized spacial score (nSPS) is 15.0. The van der Waals surface area contributed by atoms with E-state index in [2.05, 4.69) is 5.10 Å². The van der Waals surface area contributed by atoms with Crippen molar-refractivity contribution in [2.24, 2.45) is 7.05 Å². The molecule has 1 aliphatic heterocycles. The molecule has 0 saturated carbocycles. The Morgan fingerprint density at radius 1 is 1.22 bits per heavy atom. The molecule has 1 aliphatic rings. The molecule has 0 aromatic carbocycles. The highest BCUT2D eigenvalue weighted by Crippen LogP contribution is 2.11. The van der Waals surface area contributed by atoms with Crippen LogP contribution in [0.2, 0.25) is 0 Å². The molecule has 3 rings (SSSR count). The van der Waals surface area contributed by atoms with E-state index in [0.29, 0.717) is 38.4 Å². The summed E-state index contributed by atoms with van der Waals surface area (Å²) in [7, 11) is 1.84. The average Bonchev–Trinajstić information content (AvgIpc) is 3.17. The van der Waals surface area contributed by atoms with Crippen molar-refractivity contribution >= 4 is 11.8 Å². The number of furan rings is 1. The number of aryl methyl sites for hydroxylation is 2. The maximum atomic E-state index is 12.4. The van der Waals surface area contributed by atoms with Gasteiger partial charge in [0, 0.05) is 38.9 Å². The predicted octanol–water partition coefficient (Wildman–Crippen LogP) is 0.849. The number of carbonyl (C=O) groups is 2. The molecule has 3 heterocycles. The van der Waals surface area contributed by atoms with E-state index in [1.54, 1.807) is 26.6 Å². The minimum absolute atomic E-state index is 0.0677. The highest BCUT2D eigenvalue weighted by Gasteiger charge is 2.26. The van der Waals surface area contributed by atoms with Gasteiger partial charge in [0.05, 0.1) is 18.4 Å². The van der Waals surface area contributed by atoms with Gasteiger partial charge >= 0.3 is 0 Å². The summed E-state index contributed by atoms with van der Waals surface area (Å²) in [5.41, 5.74) is 1.81. The molecular formula is C16H20N4O3. The first-order valence-electron chi connectivity index (χ1n) is 7.64. The second kappa shape index (κ2) is 6.28. The quantitative estimate of drug-likeness (QED) is 0.841. The summed E-state index contributed by atoms with van der Waals surface area (Å²) in [6.45, 7) is 4.04. The Morgan fingerprint density at radius 3 is 2.48 bits per heavy atom. The second-order valence-electron chi connectivity index (χ2n) is 5.73. The molecule has 0 N–H and O–H groups in total. The van der Waals surface area contributed by atoms with Crippen LogP contribution in [-0.2, 0) is 18.3 Å². The summed E-state index contributed by atoms with van der Waals surface area (Å²) in [4.78, 5) is 28.1. The van der Waals surface area contributed by atoms with Gasteiger partial charge in [-0.1, -0.05) is 0 Å². The van der Waals surface area contributed by atoms with Gasteiger partial charge < -0.3 is 14.2 Å². The summed E-state index contributed by atoms with van der Waals surface area (Å²) in [5.74, 6) is 0.289. The summed E-state index contributed by atoms with van der Waals surface area (Å²) < 4.78 is 6.88. The fraction of sp³-hybridized carbons (Fsp3) is 0.438. The van der Waals surface area contributed by atoms with Crippen molar-refractivity contribution < 1.29 is 14.0 Å². The van der Waals surface area contributed by atoms with Crippen LogP contribution in [0, 0.1) is 6.92 Å². The number of nitrogens with zero attached hydrogens (tertiary/aromatic N) is 4. The molecule has 2 aromatic rings. The van der Waals surface area contributed by atoms with Gasteiger partial charge in [0.1, 0.15) is 0 Å². The summed E-state index contributed by atoms with van der Waals surface area (Å²) >= 11 is 0. The highest BCUT2D eigenvalue weighted by molar-refractivity contribution is 5.91. The van der Waals surface area contributed by atoms with Gasteiger partial charge in [0.15, 0.2) is 5.76 Å². The maximum absolute atomic E-state index is 12.4. The first-order valence-corrected chi connectivity index (χ1v) is 7.64. The summed E-state index contributed by atoms with van der Waals surface area (Å²) in [6, 6.07) is 5.28. The fourth-order valence-corrected chi connectivity index (χ4v) is 2.81. The van der Waals surface area contributed by atoms with E-state index in [-0.39, 0.29) is 11.8 Å². The second-order valence-corrected chi connectivity index (χ2v) is 5.73. The Morgan fingerprint density at radius 2 is 1.91 bits per heavy atom. The zero-order valence-corrected chi connectivity index (χ0v) is 13.4. The van der Waals surface area contributed by atoms with Crippen molar-refractivity contribution in [3.8, 4) is 0 Å². The van der Waals surface area contributed by atoms with Crippen LogP contribution in [0.15, 0.2) is 28.9 Å². The molecule has 1 fully saturated rings. The predicted molar refractivity (Wildman–Crippen MR) is 82.8 cm³/mol. The molecule has 1 saturated heterocycles. The molecule has 0 radical (unpaired) electrons. The molecule has 0 unspecified atom stereocenters. The van der Waals surface area contributed by atoms with Crippen LogP contribution in [0.25, 0.3) is 0 Å². The van der Waals surface area contributed by atoms with Crippen LogP contribution in [-0.4, -0.2) is 57.6 Å². The molecule has 7 heteroatoms. The number of carbonyl (C=O) groups excluding carboxylic acids is 2. The molecule has 122 valence electrons. The van der Waals surface area contributed by atoms with Crippen molar-refractivity contribution in [2.75, 3.05) is 26.2 Å². The van der Waals surface area contributed by atoms with E-state index in [1.165, 1.54) is 6.26 Å². The van der Waals surface area contributed by atoms with Crippen LogP contribution in [0.3, 0.4) is 0 Å². The number of hydrogen-bond acceptors (Lipinski definition) is 4. The fourth-order valence-electron chi connectivity index (χ4n) is 2.81. The van der Waals surface area contributed by atoms with Gasteiger partial charge in [-0.2, -0.15) is 5.10 Å².